The van der Waals surface area contributed by atoms with Gasteiger partial charge in [-0.15, -0.1) is 0 Å². The Morgan fingerprint density at radius 3 is 2.42 bits per heavy atom. The Morgan fingerprint density at radius 1 is 0.846 bits per heavy atom. The van der Waals surface area contributed by atoms with Crippen LogP contribution in [0.5, 0.6) is 0 Å². The number of hydrogen-bond acceptors (Lipinski definition) is 2. The molecular formula is C23H18N2O. The summed E-state index contributed by atoms with van der Waals surface area (Å²) in [6, 6.07) is 27.1. The summed E-state index contributed by atoms with van der Waals surface area (Å²) in [6.45, 7) is 2.02. The number of pyridine rings is 1. The molecule has 0 unspecified atom stereocenters. The number of carbonyl (C=O) groups excluding carboxylic acids is 1. The number of anilines is 2. The van der Waals surface area contributed by atoms with Crippen molar-refractivity contribution in [3.05, 3.63) is 102 Å². The van der Waals surface area contributed by atoms with Gasteiger partial charge in [-0.3, -0.25) is 14.7 Å². The van der Waals surface area contributed by atoms with Crippen molar-refractivity contribution in [1.29, 1.82) is 0 Å². The van der Waals surface area contributed by atoms with Crippen molar-refractivity contribution in [2.75, 3.05) is 4.90 Å². The highest BCUT2D eigenvalue weighted by atomic mass is 16.2. The minimum atomic E-state index is -0.0747. The Morgan fingerprint density at radius 2 is 1.62 bits per heavy atom. The van der Waals surface area contributed by atoms with E-state index in [0.29, 0.717) is 5.56 Å². The van der Waals surface area contributed by atoms with Gasteiger partial charge in [0.25, 0.3) is 5.91 Å². The molecule has 0 aliphatic rings. The van der Waals surface area contributed by atoms with Crippen LogP contribution in [0.2, 0.25) is 0 Å². The SMILES string of the molecule is Cc1cccc(N(C(=O)c2ccccc2)c2cccc3cccnc23)c1. The number of rotatable bonds is 3. The number of carbonyl (C=O) groups is 1. The molecule has 0 aliphatic carbocycles. The van der Waals surface area contributed by atoms with Crippen LogP contribution in [0.3, 0.4) is 0 Å². The molecule has 0 spiro atoms. The quantitative estimate of drug-likeness (QED) is 0.492. The summed E-state index contributed by atoms with van der Waals surface area (Å²) >= 11 is 0. The fourth-order valence-corrected chi connectivity index (χ4v) is 3.11. The maximum atomic E-state index is 13.4. The van der Waals surface area contributed by atoms with Crippen LogP contribution in [0.25, 0.3) is 10.9 Å². The molecule has 0 atom stereocenters. The van der Waals surface area contributed by atoms with Crippen LogP contribution in [0.1, 0.15) is 15.9 Å². The summed E-state index contributed by atoms with van der Waals surface area (Å²) in [5, 5.41) is 1.00. The molecule has 0 bridgehead atoms. The predicted octanol–water partition coefficient (Wildman–Crippen LogP) is 5.52. The van der Waals surface area contributed by atoms with Gasteiger partial charge in [0, 0.05) is 22.8 Å². The standard InChI is InChI=1S/C23H18N2O/c1-17-8-5-13-20(16-17)25(23(26)19-9-3-2-4-10-19)21-14-6-11-18-12-7-15-24-22(18)21/h2-16H,1H3. The van der Waals surface area contributed by atoms with Crippen molar-refractivity contribution in [3.8, 4) is 0 Å². The lowest BCUT2D eigenvalue weighted by atomic mass is 10.1. The molecule has 1 aromatic heterocycles. The molecule has 26 heavy (non-hydrogen) atoms. The lowest BCUT2D eigenvalue weighted by Crippen LogP contribution is -2.26. The van der Waals surface area contributed by atoms with Gasteiger partial charge in [-0.05, 0) is 48.9 Å². The Kier molecular flexibility index (Phi) is 4.20. The summed E-state index contributed by atoms with van der Waals surface area (Å²) < 4.78 is 0. The van der Waals surface area contributed by atoms with E-state index < -0.39 is 0 Å². The third-order valence-corrected chi connectivity index (χ3v) is 4.34. The molecule has 126 valence electrons. The Bertz CT molecular complexity index is 1070. The van der Waals surface area contributed by atoms with Gasteiger partial charge >= 0.3 is 0 Å². The number of para-hydroxylation sites is 1. The molecule has 0 saturated carbocycles. The van der Waals surface area contributed by atoms with Gasteiger partial charge in [0.15, 0.2) is 0 Å². The lowest BCUT2D eigenvalue weighted by molar-refractivity contribution is 0.0999. The molecule has 4 rings (SSSR count). The highest BCUT2D eigenvalue weighted by molar-refractivity contribution is 6.14. The van der Waals surface area contributed by atoms with E-state index in [0.717, 1.165) is 27.8 Å². The monoisotopic (exact) mass is 338 g/mol. The molecular weight excluding hydrogens is 320 g/mol. The van der Waals surface area contributed by atoms with Gasteiger partial charge in [-0.2, -0.15) is 0 Å². The first-order valence-corrected chi connectivity index (χ1v) is 8.54. The van der Waals surface area contributed by atoms with Crippen molar-refractivity contribution < 1.29 is 4.79 Å². The zero-order valence-electron chi connectivity index (χ0n) is 14.5. The van der Waals surface area contributed by atoms with Crippen LogP contribution >= 0.6 is 0 Å². The third kappa shape index (κ3) is 2.95. The number of nitrogens with zero attached hydrogens (tertiary/aromatic N) is 2. The minimum Gasteiger partial charge on any atom is -0.275 e. The number of hydrogen-bond donors (Lipinski definition) is 0. The second-order valence-corrected chi connectivity index (χ2v) is 6.20. The lowest BCUT2D eigenvalue weighted by Gasteiger charge is -2.24. The highest BCUT2D eigenvalue weighted by Crippen LogP contribution is 2.33. The van der Waals surface area contributed by atoms with Crippen molar-refractivity contribution >= 4 is 28.2 Å². The van der Waals surface area contributed by atoms with Crippen molar-refractivity contribution in [1.82, 2.24) is 4.98 Å². The Labute approximate surface area is 152 Å². The van der Waals surface area contributed by atoms with Gasteiger partial charge in [0.1, 0.15) is 0 Å². The van der Waals surface area contributed by atoms with E-state index in [1.807, 2.05) is 91.9 Å². The van der Waals surface area contributed by atoms with E-state index in [4.69, 9.17) is 0 Å². The van der Waals surface area contributed by atoms with E-state index in [-0.39, 0.29) is 5.91 Å². The van der Waals surface area contributed by atoms with Crippen LogP contribution in [0.4, 0.5) is 11.4 Å². The van der Waals surface area contributed by atoms with Crippen LogP contribution in [0, 0.1) is 6.92 Å². The maximum absolute atomic E-state index is 13.4. The molecule has 3 heteroatoms. The predicted molar refractivity (Wildman–Crippen MR) is 106 cm³/mol. The van der Waals surface area contributed by atoms with E-state index in [1.54, 1.807) is 11.1 Å². The van der Waals surface area contributed by atoms with Crippen molar-refractivity contribution in [2.45, 2.75) is 6.92 Å². The molecule has 0 aliphatic heterocycles. The summed E-state index contributed by atoms with van der Waals surface area (Å²) in [5.41, 5.74) is 4.16. The number of fused-ring (bicyclic) bond motifs is 1. The average Bonchev–Trinajstić information content (AvgIpc) is 2.69. The van der Waals surface area contributed by atoms with E-state index in [9.17, 15) is 4.79 Å². The number of aryl methyl sites for hydroxylation is 1. The maximum Gasteiger partial charge on any atom is 0.262 e. The molecule has 1 heterocycles. The van der Waals surface area contributed by atoms with Gasteiger partial charge in [0.05, 0.1) is 11.2 Å². The van der Waals surface area contributed by atoms with Crippen LogP contribution in [0.15, 0.2) is 91.1 Å². The topological polar surface area (TPSA) is 33.2 Å². The number of benzene rings is 3. The van der Waals surface area contributed by atoms with Crippen molar-refractivity contribution in [3.63, 3.8) is 0 Å². The molecule has 1 amide bonds. The summed E-state index contributed by atoms with van der Waals surface area (Å²) in [6.07, 6.45) is 1.76. The van der Waals surface area contributed by atoms with Gasteiger partial charge in [0.2, 0.25) is 0 Å². The molecule has 3 nitrogen and oxygen atoms in total. The Balaban J connectivity index is 1.95. The first-order chi connectivity index (χ1) is 12.7. The molecule has 4 aromatic rings. The Hall–Kier alpha value is -3.46. The first kappa shape index (κ1) is 16.0. The van der Waals surface area contributed by atoms with Gasteiger partial charge < -0.3 is 0 Å². The second-order valence-electron chi connectivity index (χ2n) is 6.20. The molecule has 0 N–H and O–H groups in total. The average molecular weight is 338 g/mol. The normalized spacial score (nSPS) is 10.7. The van der Waals surface area contributed by atoms with E-state index >= 15 is 0 Å². The summed E-state index contributed by atoms with van der Waals surface area (Å²) in [5.74, 6) is -0.0747. The van der Waals surface area contributed by atoms with E-state index in [1.165, 1.54) is 0 Å². The smallest absolute Gasteiger partial charge is 0.262 e. The van der Waals surface area contributed by atoms with Crippen LogP contribution < -0.4 is 4.90 Å². The van der Waals surface area contributed by atoms with Crippen molar-refractivity contribution in [2.24, 2.45) is 0 Å². The molecule has 0 saturated heterocycles. The molecule has 0 fully saturated rings. The largest absolute Gasteiger partial charge is 0.275 e. The first-order valence-electron chi connectivity index (χ1n) is 8.54. The van der Waals surface area contributed by atoms with Gasteiger partial charge in [-0.1, -0.05) is 48.5 Å². The zero-order chi connectivity index (χ0) is 17.9. The summed E-state index contributed by atoms with van der Waals surface area (Å²) in [4.78, 5) is 19.7. The van der Waals surface area contributed by atoms with Crippen LogP contribution in [-0.4, -0.2) is 10.9 Å². The summed E-state index contributed by atoms with van der Waals surface area (Å²) in [7, 11) is 0. The zero-order valence-corrected chi connectivity index (χ0v) is 14.5. The van der Waals surface area contributed by atoms with E-state index in [2.05, 4.69) is 4.98 Å². The fourth-order valence-electron chi connectivity index (χ4n) is 3.11. The minimum absolute atomic E-state index is 0.0747. The third-order valence-electron chi connectivity index (χ3n) is 4.34. The number of amides is 1. The number of aromatic nitrogens is 1. The highest BCUT2D eigenvalue weighted by Gasteiger charge is 2.22. The van der Waals surface area contributed by atoms with Crippen LogP contribution in [-0.2, 0) is 0 Å². The molecule has 3 aromatic carbocycles. The fraction of sp³-hybridized carbons (Fsp3) is 0.0435. The second kappa shape index (κ2) is 6.81. The van der Waals surface area contributed by atoms with Gasteiger partial charge in [-0.25, -0.2) is 0 Å². The molecule has 0 radical (unpaired) electrons.